The van der Waals surface area contributed by atoms with E-state index in [4.69, 9.17) is 0 Å². The van der Waals surface area contributed by atoms with Crippen molar-refractivity contribution >= 4 is 27.2 Å². The lowest BCUT2D eigenvalue weighted by Gasteiger charge is -2.12. The summed E-state index contributed by atoms with van der Waals surface area (Å²) in [6.07, 6.45) is 1.31. The molecule has 1 aromatic heterocycles. The van der Waals surface area contributed by atoms with Crippen LogP contribution >= 0.6 is 0 Å². The van der Waals surface area contributed by atoms with E-state index in [9.17, 15) is 17.2 Å². The molecular formula is C19H17F2N3O2S. The Balaban J connectivity index is 1.78. The van der Waals surface area contributed by atoms with Gasteiger partial charge in [0.05, 0.1) is 22.5 Å². The first kappa shape index (κ1) is 18.8. The van der Waals surface area contributed by atoms with Gasteiger partial charge in [-0.1, -0.05) is 12.1 Å². The highest BCUT2D eigenvalue weighted by Crippen LogP contribution is 2.23. The summed E-state index contributed by atoms with van der Waals surface area (Å²) in [7, 11) is -3.76. The molecule has 2 N–H and O–H groups in total. The molecule has 0 aliphatic carbocycles. The van der Waals surface area contributed by atoms with E-state index in [0.717, 1.165) is 17.7 Å². The van der Waals surface area contributed by atoms with Crippen molar-refractivity contribution in [2.24, 2.45) is 0 Å². The molecule has 0 saturated carbocycles. The van der Waals surface area contributed by atoms with Gasteiger partial charge in [-0.05, 0) is 55.3 Å². The summed E-state index contributed by atoms with van der Waals surface area (Å²) >= 11 is 0. The van der Waals surface area contributed by atoms with Crippen LogP contribution in [-0.4, -0.2) is 13.4 Å². The molecule has 140 valence electrons. The molecule has 1 heterocycles. The third-order valence-electron chi connectivity index (χ3n) is 3.84. The van der Waals surface area contributed by atoms with E-state index in [-0.39, 0.29) is 22.1 Å². The number of nitrogens with one attached hydrogen (secondary N) is 2. The lowest BCUT2D eigenvalue weighted by molar-refractivity contribution is 0.586. The first-order chi connectivity index (χ1) is 12.7. The second-order valence-electron chi connectivity index (χ2n) is 6.06. The van der Waals surface area contributed by atoms with Gasteiger partial charge in [-0.3, -0.25) is 4.72 Å². The summed E-state index contributed by atoms with van der Waals surface area (Å²) in [5, 5.41) is 2.71. The zero-order valence-electron chi connectivity index (χ0n) is 14.6. The zero-order chi connectivity index (χ0) is 19.6. The zero-order valence-corrected chi connectivity index (χ0v) is 15.4. The Morgan fingerprint density at radius 2 is 1.74 bits per heavy atom. The largest absolute Gasteiger partial charge is 0.338 e. The molecule has 0 atom stereocenters. The SMILES string of the molecule is Cc1ccc(C)c(S(=O)(=O)Nc2ccc(Nc3ccc(F)cc3F)nc2)c1. The average molecular weight is 389 g/mol. The fraction of sp³-hybridized carbons (Fsp3) is 0.105. The molecule has 3 aromatic rings. The standard InChI is InChI=1S/C19H17F2N3O2S/c1-12-3-4-13(2)18(9-12)27(25,26)24-15-6-8-19(22-11-15)23-17-7-5-14(20)10-16(17)21/h3-11,24H,1-2H3,(H,22,23). The van der Waals surface area contributed by atoms with Crippen molar-refractivity contribution in [3.05, 3.63) is 77.5 Å². The van der Waals surface area contributed by atoms with E-state index in [1.165, 1.54) is 24.4 Å². The van der Waals surface area contributed by atoms with Crippen LogP contribution in [0.15, 0.2) is 59.6 Å². The molecule has 0 spiro atoms. The summed E-state index contributed by atoms with van der Waals surface area (Å²) in [5.41, 5.74) is 1.79. The molecule has 0 radical (unpaired) electrons. The van der Waals surface area contributed by atoms with E-state index in [2.05, 4.69) is 15.0 Å². The van der Waals surface area contributed by atoms with Gasteiger partial charge in [0.25, 0.3) is 10.0 Å². The maximum Gasteiger partial charge on any atom is 0.262 e. The molecule has 0 saturated heterocycles. The molecule has 0 bridgehead atoms. The highest BCUT2D eigenvalue weighted by molar-refractivity contribution is 7.92. The second kappa shape index (κ2) is 7.32. The Hall–Kier alpha value is -3.00. The van der Waals surface area contributed by atoms with E-state index in [1.54, 1.807) is 19.1 Å². The van der Waals surface area contributed by atoms with E-state index in [1.807, 2.05) is 13.0 Å². The lowest BCUT2D eigenvalue weighted by atomic mass is 10.2. The van der Waals surface area contributed by atoms with Crippen LogP contribution in [0.4, 0.5) is 26.0 Å². The van der Waals surface area contributed by atoms with Crippen molar-refractivity contribution in [2.75, 3.05) is 10.0 Å². The Morgan fingerprint density at radius 3 is 2.41 bits per heavy atom. The number of anilines is 3. The van der Waals surface area contributed by atoms with Crippen molar-refractivity contribution in [3.8, 4) is 0 Å². The van der Waals surface area contributed by atoms with Crippen molar-refractivity contribution in [3.63, 3.8) is 0 Å². The number of hydrogen-bond donors (Lipinski definition) is 2. The minimum absolute atomic E-state index is 0.0626. The van der Waals surface area contributed by atoms with Gasteiger partial charge in [0.1, 0.15) is 17.5 Å². The smallest absolute Gasteiger partial charge is 0.262 e. The van der Waals surface area contributed by atoms with Crippen LogP contribution in [0.3, 0.4) is 0 Å². The fourth-order valence-electron chi connectivity index (χ4n) is 2.46. The van der Waals surface area contributed by atoms with Gasteiger partial charge >= 0.3 is 0 Å². The lowest BCUT2D eigenvalue weighted by Crippen LogP contribution is -2.14. The molecule has 0 aliphatic rings. The minimum atomic E-state index is -3.76. The monoisotopic (exact) mass is 389 g/mol. The van der Waals surface area contributed by atoms with Gasteiger partial charge in [0, 0.05) is 6.07 Å². The second-order valence-corrected chi connectivity index (χ2v) is 7.71. The highest BCUT2D eigenvalue weighted by Gasteiger charge is 2.17. The fourth-order valence-corrected chi connectivity index (χ4v) is 3.84. The van der Waals surface area contributed by atoms with Gasteiger partial charge in [-0.15, -0.1) is 0 Å². The summed E-state index contributed by atoms with van der Waals surface area (Å²) in [4.78, 5) is 4.25. The number of nitrogens with zero attached hydrogens (tertiary/aromatic N) is 1. The number of aryl methyl sites for hydroxylation is 2. The highest BCUT2D eigenvalue weighted by atomic mass is 32.2. The normalized spacial score (nSPS) is 11.3. The van der Waals surface area contributed by atoms with Gasteiger partial charge in [-0.25, -0.2) is 22.2 Å². The minimum Gasteiger partial charge on any atom is -0.338 e. The predicted octanol–water partition coefficient (Wildman–Crippen LogP) is 4.52. The quantitative estimate of drug-likeness (QED) is 0.673. The van der Waals surface area contributed by atoms with Crippen LogP contribution in [-0.2, 0) is 10.0 Å². The first-order valence-corrected chi connectivity index (χ1v) is 9.51. The molecule has 0 aliphatic heterocycles. The molecule has 27 heavy (non-hydrogen) atoms. The van der Waals surface area contributed by atoms with Gasteiger partial charge < -0.3 is 5.32 Å². The Kier molecular flexibility index (Phi) is 5.09. The number of benzene rings is 2. The van der Waals surface area contributed by atoms with Crippen molar-refractivity contribution in [1.82, 2.24) is 4.98 Å². The van der Waals surface area contributed by atoms with E-state index >= 15 is 0 Å². The third-order valence-corrected chi connectivity index (χ3v) is 5.37. The molecule has 8 heteroatoms. The molecule has 3 rings (SSSR count). The van der Waals surface area contributed by atoms with Crippen LogP contribution in [0, 0.1) is 25.5 Å². The van der Waals surface area contributed by atoms with Crippen LogP contribution < -0.4 is 10.0 Å². The summed E-state index contributed by atoms with van der Waals surface area (Å²) in [6.45, 7) is 3.53. The summed E-state index contributed by atoms with van der Waals surface area (Å²) < 4.78 is 54.3. The molecule has 5 nitrogen and oxygen atoms in total. The molecule has 0 unspecified atom stereocenters. The number of hydrogen-bond acceptors (Lipinski definition) is 4. The van der Waals surface area contributed by atoms with Crippen molar-refractivity contribution in [2.45, 2.75) is 18.7 Å². The molecular weight excluding hydrogens is 372 g/mol. The van der Waals surface area contributed by atoms with Gasteiger partial charge in [0.2, 0.25) is 0 Å². The number of pyridine rings is 1. The van der Waals surface area contributed by atoms with Gasteiger partial charge in [0.15, 0.2) is 0 Å². The molecule has 2 aromatic carbocycles. The number of halogens is 2. The number of rotatable bonds is 5. The summed E-state index contributed by atoms with van der Waals surface area (Å²) in [5.74, 6) is -1.14. The van der Waals surface area contributed by atoms with Crippen LogP contribution in [0.2, 0.25) is 0 Å². The maximum atomic E-state index is 13.7. The topological polar surface area (TPSA) is 71.1 Å². The van der Waals surface area contributed by atoms with Crippen molar-refractivity contribution < 1.29 is 17.2 Å². The Morgan fingerprint density at radius 1 is 0.963 bits per heavy atom. The van der Waals surface area contributed by atoms with Gasteiger partial charge in [-0.2, -0.15) is 0 Å². The Bertz CT molecular complexity index is 1080. The van der Waals surface area contributed by atoms with Crippen LogP contribution in [0.1, 0.15) is 11.1 Å². The van der Waals surface area contributed by atoms with Crippen LogP contribution in [0.25, 0.3) is 0 Å². The van der Waals surface area contributed by atoms with Crippen LogP contribution in [0.5, 0.6) is 0 Å². The first-order valence-electron chi connectivity index (χ1n) is 8.03. The Labute approximate surface area is 156 Å². The predicted molar refractivity (Wildman–Crippen MR) is 101 cm³/mol. The number of aromatic nitrogens is 1. The van der Waals surface area contributed by atoms with E-state index < -0.39 is 21.7 Å². The van der Waals surface area contributed by atoms with E-state index in [0.29, 0.717) is 5.56 Å². The third kappa shape index (κ3) is 4.40. The van der Waals surface area contributed by atoms with Crippen molar-refractivity contribution in [1.29, 1.82) is 0 Å². The average Bonchev–Trinajstić information content (AvgIpc) is 2.61. The maximum absolute atomic E-state index is 13.7. The summed E-state index contributed by atoms with van der Waals surface area (Å²) in [6, 6.07) is 11.3. The molecule has 0 fully saturated rings. The molecule has 0 amide bonds. The number of sulfonamides is 1.